The van der Waals surface area contributed by atoms with Gasteiger partial charge in [0.05, 0.1) is 11.5 Å². The molecule has 1 aromatic carbocycles. The summed E-state index contributed by atoms with van der Waals surface area (Å²) in [4.78, 5) is 0.276. The van der Waals surface area contributed by atoms with Crippen LogP contribution in [0.4, 0.5) is 0 Å². The third-order valence-corrected chi connectivity index (χ3v) is 6.48. The quantitative estimate of drug-likeness (QED) is 0.870. The molecule has 0 spiro atoms. The molecule has 112 valence electrons. The Bertz CT molecular complexity index is 578. The second kappa shape index (κ2) is 6.47. The molecule has 1 heterocycles. The van der Waals surface area contributed by atoms with E-state index in [9.17, 15) is 13.5 Å². The number of rotatable bonds is 5. The molecule has 0 saturated carbocycles. The van der Waals surface area contributed by atoms with Crippen LogP contribution in [0.1, 0.15) is 23.1 Å². The molecule has 0 radical (unpaired) electrons. The molecular weight excluding hydrogens is 294 g/mol. The molecule has 1 saturated heterocycles. The summed E-state index contributed by atoms with van der Waals surface area (Å²) in [6.45, 7) is 4.01. The number of aryl methyl sites for hydroxylation is 2. The zero-order valence-corrected chi connectivity index (χ0v) is 13.5. The molecule has 4 nitrogen and oxygen atoms in total. The summed E-state index contributed by atoms with van der Waals surface area (Å²) in [6.07, 6.45) is 1.07. The summed E-state index contributed by atoms with van der Waals surface area (Å²) < 4.78 is 27.5. The number of hydrogen-bond acceptors (Lipinski definition) is 4. The van der Waals surface area contributed by atoms with E-state index in [1.807, 2.05) is 24.8 Å². The lowest BCUT2D eigenvalue weighted by molar-refractivity contribution is 0.280. The molecule has 6 heteroatoms. The van der Waals surface area contributed by atoms with E-state index in [4.69, 9.17) is 0 Å². The van der Waals surface area contributed by atoms with E-state index in [1.54, 1.807) is 13.0 Å². The van der Waals surface area contributed by atoms with Crippen molar-refractivity contribution in [3.8, 4) is 0 Å². The van der Waals surface area contributed by atoms with Crippen molar-refractivity contribution in [3.63, 3.8) is 0 Å². The highest BCUT2D eigenvalue weighted by Crippen LogP contribution is 2.24. The van der Waals surface area contributed by atoms with E-state index in [-0.39, 0.29) is 11.5 Å². The number of aliphatic hydroxyl groups is 1. The van der Waals surface area contributed by atoms with Crippen molar-refractivity contribution in [1.29, 1.82) is 0 Å². The Morgan fingerprint density at radius 3 is 2.70 bits per heavy atom. The van der Waals surface area contributed by atoms with Crippen LogP contribution in [-0.4, -0.2) is 31.6 Å². The fraction of sp³-hybridized carbons (Fsp3) is 0.571. The van der Waals surface area contributed by atoms with Crippen molar-refractivity contribution < 1.29 is 13.5 Å². The molecule has 1 aliphatic heterocycles. The lowest BCUT2D eigenvalue weighted by Gasteiger charge is -2.14. The SMILES string of the molecule is Cc1cc(C)c(S(=O)(=O)NCC2CCSC2)cc1CO. The Hall–Kier alpha value is -0.560. The molecule has 0 aromatic heterocycles. The molecule has 20 heavy (non-hydrogen) atoms. The number of sulfonamides is 1. The Labute approximate surface area is 125 Å². The molecule has 2 rings (SSSR count). The van der Waals surface area contributed by atoms with E-state index >= 15 is 0 Å². The average Bonchev–Trinajstić information content (AvgIpc) is 2.89. The first-order chi connectivity index (χ1) is 9.44. The van der Waals surface area contributed by atoms with Crippen LogP contribution in [0.25, 0.3) is 0 Å². The molecule has 1 aliphatic rings. The van der Waals surface area contributed by atoms with Crippen molar-refractivity contribution in [2.45, 2.75) is 31.8 Å². The number of nitrogens with one attached hydrogen (secondary N) is 1. The van der Waals surface area contributed by atoms with Crippen LogP contribution in [-0.2, 0) is 16.6 Å². The van der Waals surface area contributed by atoms with Crippen molar-refractivity contribution >= 4 is 21.8 Å². The molecule has 1 unspecified atom stereocenters. The maximum Gasteiger partial charge on any atom is 0.240 e. The van der Waals surface area contributed by atoms with Crippen LogP contribution >= 0.6 is 11.8 Å². The van der Waals surface area contributed by atoms with Gasteiger partial charge in [-0.25, -0.2) is 13.1 Å². The largest absolute Gasteiger partial charge is 0.392 e. The third kappa shape index (κ3) is 3.55. The van der Waals surface area contributed by atoms with Gasteiger partial charge in [-0.1, -0.05) is 6.07 Å². The molecule has 0 bridgehead atoms. The van der Waals surface area contributed by atoms with E-state index in [2.05, 4.69) is 4.72 Å². The minimum Gasteiger partial charge on any atom is -0.392 e. The number of benzene rings is 1. The first kappa shape index (κ1) is 15.8. The van der Waals surface area contributed by atoms with Crippen LogP contribution in [0, 0.1) is 19.8 Å². The van der Waals surface area contributed by atoms with Gasteiger partial charge in [0.15, 0.2) is 0 Å². The summed E-state index contributed by atoms with van der Waals surface area (Å²) in [5.41, 5.74) is 2.29. The minimum absolute atomic E-state index is 0.145. The lowest BCUT2D eigenvalue weighted by atomic mass is 10.1. The predicted octanol–water partition coefficient (Wildman–Crippen LogP) is 1.83. The maximum absolute atomic E-state index is 12.4. The van der Waals surface area contributed by atoms with Crippen LogP contribution in [0.3, 0.4) is 0 Å². The van der Waals surface area contributed by atoms with E-state index < -0.39 is 10.0 Å². The molecule has 0 amide bonds. The van der Waals surface area contributed by atoms with Gasteiger partial charge in [-0.2, -0.15) is 11.8 Å². The van der Waals surface area contributed by atoms with Crippen molar-refractivity contribution in [2.24, 2.45) is 5.92 Å². The van der Waals surface area contributed by atoms with Crippen LogP contribution in [0.15, 0.2) is 17.0 Å². The van der Waals surface area contributed by atoms with E-state index in [1.165, 1.54) is 0 Å². The standard InChI is InChI=1S/C14H21NO3S2/c1-10-5-11(2)14(6-13(10)8-16)20(17,18)15-7-12-3-4-19-9-12/h5-6,12,15-16H,3-4,7-9H2,1-2H3. The number of hydrogen-bond donors (Lipinski definition) is 2. The van der Waals surface area contributed by atoms with Gasteiger partial charge >= 0.3 is 0 Å². The molecule has 1 fully saturated rings. The summed E-state index contributed by atoms with van der Waals surface area (Å²) in [7, 11) is -3.50. The molecule has 0 aliphatic carbocycles. The van der Waals surface area contributed by atoms with Crippen molar-refractivity contribution in [2.75, 3.05) is 18.1 Å². The van der Waals surface area contributed by atoms with Gasteiger partial charge in [-0.3, -0.25) is 0 Å². The van der Waals surface area contributed by atoms with Crippen LogP contribution in [0.5, 0.6) is 0 Å². The number of aliphatic hydroxyl groups excluding tert-OH is 1. The normalized spacial score (nSPS) is 19.4. The maximum atomic E-state index is 12.4. The van der Waals surface area contributed by atoms with Crippen LogP contribution in [0.2, 0.25) is 0 Å². The van der Waals surface area contributed by atoms with Crippen molar-refractivity contribution in [1.82, 2.24) is 4.72 Å². The molecule has 2 N–H and O–H groups in total. The van der Waals surface area contributed by atoms with E-state index in [0.717, 1.165) is 23.5 Å². The van der Waals surface area contributed by atoms with Crippen LogP contribution < -0.4 is 4.72 Å². The second-order valence-electron chi connectivity index (χ2n) is 5.28. The van der Waals surface area contributed by atoms with Gasteiger partial charge in [-0.05, 0) is 60.4 Å². The minimum atomic E-state index is -3.50. The highest BCUT2D eigenvalue weighted by molar-refractivity contribution is 7.99. The van der Waals surface area contributed by atoms with Gasteiger partial charge in [0.25, 0.3) is 0 Å². The topological polar surface area (TPSA) is 66.4 Å². The average molecular weight is 315 g/mol. The highest BCUT2D eigenvalue weighted by Gasteiger charge is 2.22. The summed E-state index contributed by atoms with van der Waals surface area (Å²) >= 11 is 1.87. The number of thioether (sulfide) groups is 1. The lowest BCUT2D eigenvalue weighted by Crippen LogP contribution is -2.30. The Balaban J connectivity index is 2.19. The Kier molecular flexibility index (Phi) is 5.12. The van der Waals surface area contributed by atoms with Crippen molar-refractivity contribution in [3.05, 3.63) is 28.8 Å². The van der Waals surface area contributed by atoms with Gasteiger partial charge < -0.3 is 5.11 Å². The van der Waals surface area contributed by atoms with Gasteiger partial charge in [0, 0.05) is 6.54 Å². The monoisotopic (exact) mass is 315 g/mol. The fourth-order valence-electron chi connectivity index (χ4n) is 2.38. The fourth-order valence-corrected chi connectivity index (χ4v) is 5.06. The Morgan fingerprint density at radius 1 is 1.35 bits per heavy atom. The molecule has 1 aromatic rings. The summed E-state index contributed by atoms with van der Waals surface area (Å²) in [5.74, 6) is 2.57. The highest BCUT2D eigenvalue weighted by atomic mass is 32.2. The first-order valence-corrected chi connectivity index (χ1v) is 9.36. The zero-order chi connectivity index (χ0) is 14.8. The summed E-state index contributed by atoms with van der Waals surface area (Å²) in [5, 5.41) is 9.28. The first-order valence-electron chi connectivity index (χ1n) is 6.72. The molecule has 1 atom stereocenters. The summed E-state index contributed by atoms with van der Waals surface area (Å²) in [6, 6.07) is 3.39. The smallest absolute Gasteiger partial charge is 0.240 e. The third-order valence-electron chi connectivity index (χ3n) is 3.68. The van der Waals surface area contributed by atoms with Gasteiger partial charge in [0.2, 0.25) is 10.0 Å². The Morgan fingerprint density at radius 2 is 2.10 bits per heavy atom. The zero-order valence-electron chi connectivity index (χ0n) is 11.8. The van der Waals surface area contributed by atoms with Gasteiger partial charge in [0.1, 0.15) is 0 Å². The molecular formula is C14H21NO3S2. The van der Waals surface area contributed by atoms with Gasteiger partial charge in [-0.15, -0.1) is 0 Å². The second-order valence-corrected chi connectivity index (χ2v) is 8.17. The predicted molar refractivity (Wildman–Crippen MR) is 82.5 cm³/mol. The van der Waals surface area contributed by atoms with E-state index in [0.29, 0.717) is 23.6 Å².